The third-order valence-corrected chi connectivity index (χ3v) is 7.52. The van der Waals surface area contributed by atoms with Gasteiger partial charge in [0.15, 0.2) is 0 Å². The first-order valence-electron chi connectivity index (χ1n) is 13.0. The maximum absolute atomic E-state index is 5.55. The number of ether oxygens (including phenoxy) is 1. The van der Waals surface area contributed by atoms with E-state index in [1.807, 2.05) is 6.20 Å². The Hall–Kier alpha value is -2.31. The summed E-state index contributed by atoms with van der Waals surface area (Å²) in [6.07, 6.45) is 19.7. The van der Waals surface area contributed by atoms with Crippen molar-refractivity contribution in [3.05, 3.63) is 42.4 Å². The highest BCUT2D eigenvalue weighted by molar-refractivity contribution is 5.97. The highest BCUT2D eigenvalue weighted by atomic mass is 16.5. The van der Waals surface area contributed by atoms with Crippen molar-refractivity contribution >= 4 is 22.3 Å². The maximum Gasteiger partial charge on any atom is 0.139 e. The fourth-order valence-electron chi connectivity index (χ4n) is 5.62. The third kappa shape index (κ3) is 5.28. The van der Waals surface area contributed by atoms with Crippen molar-refractivity contribution in [3.8, 4) is 0 Å². The fourth-order valence-corrected chi connectivity index (χ4v) is 5.62. The second-order valence-corrected chi connectivity index (χ2v) is 9.72. The van der Waals surface area contributed by atoms with Crippen molar-refractivity contribution < 1.29 is 4.74 Å². The van der Waals surface area contributed by atoms with Gasteiger partial charge in [0.2, 0.25) is 0 Å². The monoisotopic (exact) mass is 449 g/mol. The molecule has 178 valence electrons. The molecule has 2 aliphatic heterocycles. The predicted molar refractivity (Wildman–Crippen MR) is 136 cm³/mol. The summed E-state index contributed by atoms with van der Waals surface area (Å²) in [7, 11) is 0. The van der Waals surface area contributed by atoms with Crippen molar-refractivity contribution in [2.45, 2.75) is 64.0 Å². The molecule has 1 aliphatic carbocycles. The van der Waals surface area contributed by atoms with Gasteiger partial charge in [-0.25, -0.2) is 4.98 Å². The number of hydrogen-bond acceptors (Lipinski definition) is 5. The van der Waals surface area contributed by atoms with Gasteiger partial charge < -0.3 is 19.9 Å². The van der Waals surface area contributed by atoms with Gasteiger partial charge in [-0.3, -0.25) is 4.90 Å². The summed E-state index contributed by atoms with van der Waals surface area (Å²) in [5.41, 5.74) is 4.68. The number of anilines is 1. The van der Waals surface area contributed by atoms with Crippen LogP contribution in [0.5, 0.6) is 0 Å². The Morgan fingerprint density at radius 1 is 1.15 bits per heavy atom. The molecular weight excluding hydrogens is 410 g/mol. The Balaban J connectivity index is 1.39. The summed E-state index contributed by atoms with van der Waals surface area (Å²) < 4.78 is 5.55. The smallest absolute Gasteiger partial charge is 0.139 e. The zero-order valence-electron chi connectivity index (χ0n) is 20.1. The molecule has 3 fully saturated rings. The van der Waals surface area contributed by atoms with Gasteiger partial charge in [0, 0.05) is 73.4 Å². The molecule has 0 aromatic carbocycles. The number of morpholine rings is 1. The number of allylic oxidation sites excluding steroid dienone is 3. The molecule has 6 nitrogen and oxygen atoms in total. The molecule has 0 atom stereocenters. The molecule has 0 unspecified atom stereocenters. The molecule has 2 aromatic heterocycles. The van der Waals surface area contributed by atoms with Gasteiger partial charge in [-0.15, -0.1) is 0 Å². The van der Waals surface area contributed by atoms with E-state index in [4.69, 9.17) is 9.72 Å². The molecule has 33 heavy (non-hydrogen) atoms. The third-order valence-electron chi connectivity index (χ3n) is 7.52. The lowest BCUT2D eigenvalue weighted by molar-refractivity contribution is 0.00427. The number of fused-ring (bicyclic) bond motifs is 1. The van der Waals surface area contributed by atoms with E-state index in [-0.39, 0.29) is 0 Å². The zero-order chi connectivity index (χ0) is 22.5. The Morgan fingerprint density at radius 2 is 1.94 bits per heavy atom. The fraction of sp³-hybridized carbons (Fsp3) is 0.593. The Bertz CT molecular complexity index is 960. The normalized spacial score (nSPS) is 22.1. The number of piperidine rings is 1. The van der Waals surface area contributed by atoms with E-state index in [0.717, 1.165) is 51.5 Å². The number of nitrogens with one attached hydrogen (secondary N) is 2. The van der Waals surface area contributed by atoms with E-state index in [0.29, 0.717) is 12.1 Å². The van der Waals surface area contributed by atoms with Crippen LogP contribution in [0.25, 0.3) is 16.6 Å². The molecule has 1 saturated carbocycles. The van der Waals surface area contributed by atoms with Crippen LogP contribution in [-0.2, 0) is 4.74 Å². The molecule has 0 amide bonds. The molecule has 0 radical (unpaired) electrons. The molecule has 5 rings (SSSR count). The van der Waals surface area contributed by atoms with Gasteiger partial charge in [0.05, 0.1) is 18.9 Å². The van der Waals surface area contributed by atoms with Crippen LogP contribution in [0.4, 0.5) is 5.69 Å². The molecule has 0 spiro atoms. The van der Waals surface area contributed by atoms with Crippen molar-refractivity contribution in [1.29, 1.82) is 0 Å². The summed E-state index contributed by atoms with van der Waals surface area (Å²) in [6, 6.07) is 3.42. The Labute approximate surface area is 198 Å². The minimum Gasteiger partial charge on any atom is -0.381 e. The zero-order valence-corrected chi connectivity index (χ0v) is 20.1. The largest absolute Gasteiger partial charge is 0.381 e. The molecule has 2 aromatic rings. The highest BCUT2D eigenvalue weighted by Gasteiger charge is 2.25. The van der Waals surface area contributed by atoms with Gasteiger partial charge in [-0.2, -0.15) is 0 Å². The lowest BCUT2D eigenvalue weighted by Crippen LogP contribution is -2.48. The van der Waals surface area contributed by atoms with Gasteiger partial charge in [-0.1, -0.05) is 31.9 Å². The van der Waals surface area contributed by atoms with E-state index in [2.05, 4.69) is 57.6 Å². The Kier molecular flexibility index (Phi) is 7.32. The quantitative estimate of drug-likeness (QED) is 0.581. The van der Waals surface area contributed by atoms with Crippen LogP contribution in [0.3, 0.4) is 0 Å². The molecule has 6 heteroatoms. The maximum atomic E-state index is 5.55. The summed E-state index contributed by atoms with van der Waals surface area (Å²) in [4.78, 5) is 13.2. The standard InChI is InChI=1S/C27H39N5O/c1-2-3-6-21(20-31-13-10-23(11-14-31)32-15-17-33-18-16-32)25-19-29-27-24(9-12-28-27)26(25)30-22-7-4-5-8-22/h3,6,9,12,19-20,22-23H,2,4-5,7-8,10-11,13-18H2,1H3,(H2,28,29,30)/b6-3-,21-20+. The molecular formula is C27H39N5O. The first-order chi connectivity index (χ1) is 16.3. The number of H-pyrrole nitrogens is 1. The number of likely N-dealkylation sites (tertiary alicyclic amines) is 1. The van der Waals surface area contributed by atoms with Crippen LogP contribution >= 0.6 is 0 Å². The second-order valence-electron chi connectivity index (χ2n) is 9.72. The van der Waals surface area contributed by atoms with Crippen molar-refractivity contribution in [2.24, 2.45) is 0 Å². The van der Waals surface area contributed by atoms with Crippen molar-refractivity contribution in [2.75, 3.05) is 44.7 Å². The van der Waals surface area contributed by atoms with Crippen LogP contribution < -0.4 is 5.32 Å². The molecule has 2 saturated heterocycles. The summed E-state index contributed by atoms with van der Waals surface area (Å²) in [6.45, 7) is 8.36. The number of hydrogen-bond donors (Lipinski definition) is 2. The number of rotatable bonds is 7. The Morgan fingerprint density at radius 3 is 2.70 bits per heavy atom. The van der Waals surface area contributed by atoms with Gasteiger partial charge >= 0.3 is 0 Å². The average Bonchev–Trinajstić information content (AvgIpc) is 3.55. The van der Waals surface area contributed by atoms with Gasteiger partial charge in [-0.05, 0) is 38.2 Å². The average molecular weight is 450 g/mol. The highest BCUT2D eigenvalue weighted by Crippen LogP contribution is 2.34. The first-order valence-corrected chi connectivity index (χ1v) is 13.0. The summed E-state index contributed by atoms with van der Waals surface area (Å²) in [5.74, 6) is 0. The van der Waals surface area contributed by atoms with Gasteiger partial charge in [0.25, 0.3) is 0 Å². The van der Waals surface area contributed by atoms with Crippen LogP contribution in [-0.4, -0.2) is 71.2 Å². The molecule has 2 N–H and O–H groups in total. The van der Waals surface area contributed by atoms with E-state index in [1.54, 1.807) is 0 Å². The summed E-state index contributed by atoms with van der Waals surface area (Å²) in [5, 5.41) is 5.11. The lowest BCUT2D eigenvalue weighted by Gasteiger charge is -2.40. The van der Waals surface area contributed by atoms with E-state index >= 15 is 0 Å². The minimum absolute atomic E-state index is 0.560. The van der Waals surface area contributed by atoms with E-state index < -0.39 is 0 Å². The van der Waals surface area contributed by atoms with Crippen LogP contribution in [0.15, 0.2) is 36.8 Å². The number of nitrogens with zero attached hydrogens (tertiary/aromatic N) is 3. The topological polar surface area (TPSA) is 56.4 Å². The van der Waals surface area contributed by atoms with Crippen molar-refractivity contribution in [3.63, 3.8) is 0 Å². The van der Waals surface area contributed by atoms with Crippen LogP contribution in [0.2, 0.25) is 0 Å². The van der Waals surface area contributed by atoms with Crippen molar-refractivity contribution in [1.82, 2.24) is 19.8 Å². The number of pyridine rings is 1. The first kappa shape index (κ1) is 22.5. The molecule has 3 aliphatic rings. The predicted octanol–water partition coefficient (Wildman–Crippen LogP) is 5.02. The SMILES string of the molecule is CC/C=C\C(=C/N1CCC(N2CCOCC2)CC1)c1cnc2[nH]ccc2c1NC1CCCC1. The second kappa shape index (κ2) is 10.7. The molecule has 0 bridgehead atoms. The van der Waals surface area contributed by atoms with Gasteiger partial charge in [0.1, 0.15) is 5.65 Å². The van der Waals surface area contributed by atoms with Crippen LogP contribution in [0.1, 0.15) is 57.4 Å². The number of aromatic amines is 1. The minimum atomic E-state index is 0.560. The summed E-state index contributed by atoms with van der Waals surface area (Å²) >= 11 is 0. The van der Waals surface area contributed by atoms with E-state index in [1.165, 1.54) is 60.7 Å². The van der Waals surface area contributed by atoms with Crippen LogP contribution in [0, 0.1) is 0 Å². The number of aromatic nitrogens is 2. The van der Waals surface area contributed by atoms with E-state index in [9.17, 15) is 0 Å². The lowest BCUT2D eigenvalue weighted by atomic mass is 10.0. The molecule has 4 heterocycles.